The third-order valence-corrected chi connectivity index (χ3v) is 5.19. The van der Waals surface area contributed by atoms with E-state index in [0.29, 0.717) is 36.7 Å². The van der Waals surface area contributed by atoms with E-state index in [1.807, 2.05) is 0 Å². The topological polar surface area (TPSA) is 62.2 Å². The summed E-state index contributed by atoms with van der Waals surface area (Å²) in [6.45, 7) is 3.81. The Kier molecular flexibility index (Phi) is 5.49. The van der Waals surface area contributed by atoms with Crippen molar-refractivity contribution < 1.29 is 19.4 Å². The highest BCUT2D eigenvalue weighted by atomic mass is 16.5. The molecule has 1 aromatic carbocycles. The number of hydrogen-bond donors (Lipinski definition) is 1. The standard InChI is InChI=1S/C19H28N2O4/c1-24-16-7-6-15(12-17(16)25-2)18(22)21-11-5-8-19(23,14-21)13-20-9-3-4-10-20/h6-7,12,23H,3-5,8-11,13-14H2,1-2H3. The molecule has 25 heavy (non-hydrogen) atoms. The van der Waals surface area contributed by atoms with Gasteiger partial charge in [-0.05, 0) is 57.0 Å². The van der Waals surface area contributed by atoms with Gasteiger partial charge in [-0.25, -0.2) is 0 Å². The Morgan fingerprint density at radius 2 is 1.84 bits per heavy atom. The maximum absolute atomic E-state index is 12.9. The van der Waals surface area contributed by atoms with Crippen LogP contribution < -0.4 is 9.47 Å². The van der Waals surface area contributed by atoms with Gasteiger partial charge >= 0.3 is 0 Å². The molecular formula is C19H28N2O4. The largest absolute Gasteiger partial charge is 0.493 e. The van der Waals surface area contributed by atoms with Crippen molar-refractivity contribution in [2.45, 2.75) is 31.3 Å². The zero-order valence-corrected chi connectivity index (χ0v) is 15.2. The molecule has 2 aliphatic rings. The van der Waals surface area contributed by atoms with E-state index in [2.05, 4.69) is 4.90 Å². The SMILES string of the molecule is COc1ccc(C(=O)N2CCCC(O)(CN3CCCC3)C2)cc1OC. The summed E-state index contributed by atoms with van der Waals surface area (Å²) in [4.78, 5) is 17.0. The van der Waals surface area contributed by atoms with Gasteiger partial charge in [-0.3, -0.25) is 4.79 Å². The number of hydrogen-bond acceptors (Lipinski definition) is 5. The fraction of sp³-hybridized carbons (Fsp3) is 0.632. The first-order valence-electron chi connectivity index (χ1n) is 9.01. The highest BCUT2D eigenvalue weighted by molar-refractivity contribution is 5.95. The number of amides is 1. The molecule has 1 unspecified atom stereocenters. The number of rotatable bonds is 5. The average molecular weight is 348 g/mol. The number of likely N-dealkylation sites (tertiary alicyclic amines) is 2. The molecule has 0 aliphatic carbocycles. The van der Waals surface area contributed by atoms with E-state index in [9.17, 15) is 9.90 Å². The molecule has 2 heterocycles. The van der Waals surface area contributed by atoms with Gasteiger partial charge in [0.25, 0.3) is 5.91 Å². The summed E-state index contributed by atoms with van der Waals surface area (Å²) in [7, 11) is 3.13. The van der Waals surface area contributed by atoms with Crippen LogP contribution in [-0.4, -0.2) is 73.4 Å². The molecule has 2 fully saturated rings. The van der Waals surface area contributed by atoms with Crippen LogP contribution in [0.25, 0.3) is 0 Å². The minimum atomic E-state index is -0.811. The van der Waals surface area contributed by atoms with Crippen LogP contribution >= 0.6 is 0 Å². The van der Waals surface area contributed by atoms with E-state index < -0.39 is 5.60 Å². The van der Waals surface area contributed by atoms with Crippen LogP contribution in [0.4, 0.5) is 0 Å². The number of nitrogens with zero attached hydrogens (tertiary/aromatic N) is 2. The van der Waals surface area contributed by atoms with Crippen molar-refractivity contribution in [3.8, 4) is 11.5 Å². The van der Waals surface area contributed by atoms with Crippen LogP contribution in [0.15, 0.2) is 18.2 Å². The van der Waals surface area contributed by atoms with Crippen LogP contribution in [0.1, 0.15) is 36.0 Å². The zero-order chi connectivity index (χ0) is 17.9. The van der Waals surface area contributed by atoms with Crippen LogP contribution in [-0.2, 0) is 0 Å². The van der Waals surface area contributed by atoms with E-state index in [4.69, 9.17) is 9.47 Å². The van der Waals surface area contributed by atoms with Gasteiger partial charge in [0.15, 0.2) is 11.5 Å². The minimum absolute atomic E-state index is 0.0690. The lowest BCUT2D eigenvalue weighted by Crippen LogP contribution is -2.55. The second kappa shape index (κ2) is 7.62. The summed E-state index contributed by atoms with van der Waals surface area (Å²) in [5.74, 6) is 1.07. The highest BCUT2D eigenvalue weighted by Crippen LogP contribution is 2.30. The highest BCUT2D eigenvalue weighted by Gasteiger charge is 2.37. The second-order valence-electron chi connectivity index (χ2n) is 7.11. The van der Waals surface area contributed by atoms with Crippen LogP contribution in [0.2, 0.25) is 0 Å². The van der Waals surface area contributed by atoms with E-state index in [-0.39, 0.29) is 5.91 Å². The molecule has 6 nitrogen and oxygen atoms in total. The zero-order valence-electron chi connectivity index (χ0n) is 15.2. The van der Waals surface area contributed by atoms with Gasteiger partial charge in [-0.1, -0.05) is 0 Å². The van der Waals surface area contributed by atoms with Crippen molar-refractivity contribution in [3.05, 3.63) is 23.8 Å². The molecule has 2 aliphatic heterocycles. The summed E-state index contributed by atoms with van der Waals surface area (Å²) in [5.41, 5.74) is -0.252. The number of ether oxygens (including phenoxy) is 2. The molecule has 1 aromatic rings. The molecule has 0 radical (unpaired) electrons. The van der Waals surface area contributed by atoms with Crippen LogP contribution in [0.3, 0.4) is 0 Å². The van der Waals surface area contributed by atoms with Gasteiger partial charge in [0, 0.05) is 18.7 Å². The molecule has 0 saturated carbocycles. The molecule has 0 bridgehead atoms. The second-order valence-corrected chi connectivity index (χ2v) is 7.11. The smallest absolute Gasteiger partial charge is 0.254 e. The number of methoxy groups -OCH3 is 2. The van der Waals surface area contributed by atoms with Crippen LogP contribution in [0, 0.1) is 0 Å². The molecule has 1 amide bonds. The van der Waals surface area contributed by atoms with Crippen molar-refractivity contribution in [2.24, 2.45) is 0 Å². The molecule has 2 saturated heterocycles. The van der Waals surface area contributed by atoms with Crippen molar-refractivity contribution in [3.63, 3.8) is 0 Å². The Bertz CT molecular complexity index is 615. The Balaban J connectivity index is 1.71. The number of benzene rings is 1. The maximum atomic E-state index is 12.9. The Hall–Kier alpha value is -1.79. The lowest BCUT2D eigenvalue weighted by Gasteiger charge is -2.41. The predicted molar refractivity (Wildman–Crippen MR) is 95.3 cm³/mol. The number of piperidine rings is 1. The first kappa shape index (κ1) is 18.0. The maximum Gasteiger partial charge on any atom is 0.254 e. The van der Waals surface area contributed by atoms with Gasteiger partial charge in [-0.2, -0.15) is 0 Å². The minimum Gasteiger partial charge on any atom is -0.493 e. The van der Waals surface area contributed by atoms with Crippen LogP contribution in [0.5, 0.6) is 11.5 Å². The van der Waals surface area contributed by atoms with Gasteiger partial charge < -0.3 is 24.4 Å². The Labute approximate surface area is 149 Å². The van der Waals surface area contributed by atoms with E-state index in [0.717, 1.165) is 25.9 Å². The fourth-order valence-corrected chi connectivity index (χ4v) is 3.92. The normalized spacial score (nSPS) is 24.4. The summed E-state index contributed by atoms with van der Waals surface area (Å²) >= 11 is 0. The van der Waals surface area contributed by atoms with Crippen molar-refractivity contribution in [1.82, 2.24) is 9.80 Å². The summed E-state index contributed by atoms with van der Waals surface area (Å²) in [6.07, 6.45) is 3.97. The first-order valence-corrected chi connectivity index (χ1v) is 9.01. The Morgan fingerprint density at radius 1 is 1.12 bits per heavy atom. The molecule has 6 heteroatoms. The average Bonchev–Trinajstić information content (AvgIpc) is 3.12. The number of carbonyl (C=O) groups excluding carboxylic acids is 1. The molecule has 138 valence electrons. The number of β-amino-alcohol motifs (C(OH)–C–C–N with tert-alkyl or cyclic N) is 1. The van der Waals surface area contributed by atoms with Crippen molar-refractivity contribution in [1.29, 1.82) is 0 Å². The third kappa shape index (κ3) is 4.07. The first-order chi connectivity index (χ1) is 12.0. The molecule has 0 aromatic heterocycles. The number of aliphatic hydroxyl groups is 1. The third-order valence-electron chi connectivity index (χ3n) is 5.19. The quantitative estimate of drug-likeness (QED) is 0.879. The molecule has 3 rings (SSSR count). The molecule has 0 spiro atoms. The summed E-state index contributed by atoms with van der Waals surface area (Å²) < 4.78 is 10.5. The predicted octanol–water partition coefficient (Wildman–Crippen LogP) is 1.77. The number of carbonyl (C=O) groups is 1. The monoisotopic (exact) mass is 348 g/mol. The van der Waals surface area contributed by atoms with E-state index in [1.165, 1.54) is 12.8 Å². The lowest BCUT2D eigenvalue weighted by atomic mass is 9.91. The van der Waals surface area contributed by atoms with Gasteiger partial charge in [-0.15, -0.1) is 0 Å². The molecule has 1 N–H and O–H groups in total. The molecular weight excluding hydrogens is 320 g/mol. The Morgan fingerprint density at radius 3 is 2.52 bits per heavy atom. The summed E-state index contributed by atoms with van der Waals surface area (Å²) in [6, 6.07) is 5.19. The molecule has 1 atom stereocenters. The van der Waals surface area contributed by atoms with Gasteiger partial charge in [0.05, 0.1) is 26.4 Å². The lowest BCUT2D eigenvalue weighted by molar-refractivity contribution is -0.0431. The summed E-state index contributed by atoms with van der Waals surface area (Å²) in [5, 5.41) is 11.0. The van der Waals surface area contributed by atoms with E-state index >= 15 is 0 Å². The van der Waals surface area contributed by atoms with Crippen molar-refractivity contribution in [2.75, 3.05) is 46.9 Å². The van der Waals surface area contributed by atoms with Crippen molar-refractivity contribution >= 4 is 5.91 Å². The van der Waals surface area contributed by atoms with E-state index in [1.54, 1.807) is 37.3 Å². The fourth-order valence-electron chi connectivity index (χ4n) is 3.92. The van der Waals surface area contributed by atoms with Gasteiger partial charge in [0.2, 0.25) is 0 Å². The van der Waals surface area contributed by atoms with Gasteiger partial charge in [0.1, 0.15) is 0 Å².